The average molecular weight is 299 g/mol. The zero-order chi connectivity index (χ0) is 15.7. The van der Waals surface area contributed by atoms with Crippen molar-refractivity contribution < 1.29 is 9.90 Å². The summed E-state index contributed by atoms with van der Waals surface area (Å²) in [5, 5.41) is 16.5. The van der Waals surface area contributed by atoms with E-state index < -0.39 is 0 Å². The van der Waals surface area contributed by atoms with E-state index in [4.69, 9.17) is 0 Å². The summed E-state index contributed by atoms with van der Waals surface area (Å²) in [4.78, 5) is 16.0. The first-order valence-corrected chi connectivity index (χ1v) is 7.01. The van der Waals surface area contributed by atoms with Gasteiger partial charge in [0.25, 0.3) is 0 Å². The van der Waals surface area contributed by atoms with Gasteiger partial charge in [-0.15, -0.1) is 0 Å². The van der Waals surface area contributed by atoms with Gasteiger partial charge in [0, 0.05) is 19.5 Å². The van der Waals surface area contributed by atoms with E-state index in [1.807, 2.05) is 35.8 Å². The average Bonchev–Trinajstić information content (AvgIpc) is 3.00. The maximum Gasteiger partial charge on any atom is 0.233 e. The van der Waals surface area contributed by atoms with Gasteiger partial charge in [0.15, 0.2) is 0 Å². The third-order valence-electron chi connectivity index (χ3n) is 3.28. The second-order valence-electron chi connectivity index (χ2n) is 5.04. The van der Waals surface area contributed by atoms with Gasteiger partial charge in [0.2, 0.25) is 11.9 Å². The fraction of sp³-hybridized carbons (Fsp3) is 0.267. The highest BCUT2D eigenvalue weighted by atomic mass is 16.3. The standard InChI is InChI=1S/C15H17N5O2/c1-10-9-14(16-11(2)22)20(18-10)15-17-12-5-3-4-6-13(12)19(15)7-8-21/h3-6,9,21H,7-8H2,1-2H3,(H,16,22). The lowest BCUT2D eigenvalue weighted by atomic mass is 10.3. The fourth-order valence-corrected chi connectivity index (χ4v) is 2.47. The summed E-state index contributed by atoms with van der Waals surface area (Å²) in [6, 6.07) is 9.46. The Bertz CT molecular complexity index is 834. The number of anilines is 1. The zero-order valence-corrected chi connectivity index (χ0v) is 12.4. The van der Waals surface area contributed by atoms with Crippen LogP contribution in [-0.4, -0.2) is 37.0 Å². The first-order chi connectivity index (χ1) is 10.6. The summed E-state index contributed by atoms with van der Waals surface area (Å²) in [6.45, 7) is 3.68. The van der Waals surface area contributed by atoms with Gasteiger partial charge in [0.1, 0.15) is 5.82 Å². The molecule has 0 saturated carbocycles. The molecule has 2 heterocycles. The van der Waals surface area contributed by atoms with Crippen LogP contribution in [0.4, 0.5) is 5.82 Å². The zero-order valence-electron chi connectivity index (χ0n) is 12.4. The molecule has 0 atom stereocenters. The van der Waals surface area contributed by atoms with Crippen LogP contribution in [0.3, 0.4) is 0 Å². The van der Waals surface area contributed by atoms with Crippen molar-refractivity contribution in [2.24, 2.45) is 0 Å². The smallest absolute Gasteiger partial charge is 0.233 e. The number of nitrogens with zero attached hydrogens (tertiary/aromatic N) is 4. The molecule has 3 aromatic rings. The Morgan fingerprint density at radius 2 is 2.14 bits per heavy atom. The molecule has 0 aliphatic carbocycles. The lowest BCUT2D eigenvalue weighted by molar-refractivity contribution is -0.114. The van der Waals surface area contributed by atoms with E-state index in [9.17, 15) is 9.90 Å². The molecule has 0 bridgehead atoms. The lowest BCUT2D eigenvalue weighted by Crippen LogP contribution is -2.15. The molecule has 0 aliphatic rings. The van der Waals surface area contributed by atoms with Crippen LogP contribution in [0.1, 0.15) is 12.6 Å². The quantitative estimate of drug-likeness (QED) is 0.764. The Balaban J connectivity index is 2.21. The number of fused-ring (bicyclic) bond motifs is 1. The molecule has 7 heteroatoms. The fourth-order valence-electron chi connectivity index (χ4n) is 2.47. The number of carbonyl (C=O) groups is 1. The number of benzene rings is 1. The third kappa shape index (κ3) is 2.46. The summed E-state index contributed by atoms with van der Waals surface area (Å²) in [6.07, 6.45) is 0. The second kappa shape index (κ2) is 5.61. The Morgan fingerprint density at radius 1 is 1.36 bits per heavy atom. The molecule has 1 amide bonds. The number of nitrogens with one attached hydrogen (secondary N) is 1. The number of aromatic nitrogens is 4. The highest BCUT2D eigenvalue weighted by Crippen LogP contribution is 2.22. The number of carbonyl (C=O) groups excluding carboxylic acids is 1. The first kappa shape index (κ1) is 14.3. The number of aryl methyl sites for hydroxylation is 1. The normalized spacial score (nSPS) is 11.0. The Kier molecular flexibility index (Phi) is 3.64. The Morgan fingerprint density at radius 3 is 2.86 bits per heavy atom. The number of imidazole rings is 1. The Labute approximate surface area is 127 Å². The summed E-state index contributed by atoms with van der Waals surface area (Å²) in [5.74, 6) is 0.942. The molecule has 7 nitrogen and oxygen atoms in total. The van der Waals surface area contributed by atoms with E-state index in [2.05, 4.69) is 15.4 Å². The number of aliphatic hydroxyl groups is 1. The van der Waals surface area contributed by atoms with Gasteiger partial charge >= 0.3 is 0 Å². The van der Waals surface area contributed by atoms with Crippen LogP contribution in [0.15, 0.2) is 30.3 Å². The van der Waals surface area contributed by atoms with Crippen LogP contribution in [0.25, 0.3) is 17.0 Å². The van der Waals surface area contributed by atoms with Crippen molar-refractivity contribution in [2.45, 2.75) is 20.4 Å². The molecule has 0 spiro atoms. The highest BCUT2D eigenvalue weighted by Gasteiger charge is 2.16. The molecule has 0 unspecified atom stereocenters. The van der Waals surface area contributed by atoms with Gasteiger partial charge < -0.3 is 15.0 Å². The van der Waals surface area contributed by atoms with Crippen LogP contribution in [0.5, 0.6) is 0 Å². The number of para-hydroxylation sites is 2. The van der Waals surface area contributed by atoms with Gasteiger partial charge in [-0.2, -0.15) is 9.78 Å². The van der Waals surface area contributed by atoms with E-state index in [1.165, 1.54) is 6.92 Å². The van der Waals surface area contributed by atoms with E-state index >= 15 is 0 Å². The maximum absolute atomic E-state index is 11.4. The molecule has 2 N–H and O–H groups in total. The third-order valence-corrected chi connectivity index (χ3v) is 3.28. The van der Waals surface area contributed by atoms with E-state index in [1.54, 1.807) is 10.7 Å². The molecular weight excluding hydrogens is 282 g/mol. The predicted octanol–water partition coefficient (Wildman–Crippen LogP) is 1.48. The number of rotatable bonds is 4. The number of amides is 1. The minimum Gasteiger partial charge on any atom is -0.395 e. The largest absolute Gasteiger partial charge is 0.395 e. The van der Waals surface area contributed by atoms with E-state index in [0.717, 1.165) is 16.7 Å². The molecule has 114 valence electrons. The van der Waals surface area contributed by atoms with Crippen LogP contribution < -0.4 is 5.32 Å². The van der Waals surface area contributed by atoms with Crippen LogP contribution >= 0.6 is 0 Å². The van der Waals surface area contributed by atoms with Crippen LogP contribution in [-0.2, 0) is 11.3 Å². The van der Waals surface area contributed by atoms with Crippen molar-refractivity contribution in [1.29, 1.82) is 0 Å². The lowest BCUT2D eigenvalue weighted by Gasteiger charge is -2.10. The van der Waals surface area contributed by atoms with Crippen molar-refractivity contribution in [1.82, 2.24) is 19.3 Å². The van der Waals surface area contributed by atoms with Gasteiger partial charge in [0.05, 0.1) is 23.3 Å². The number of hydrogen-bond donors (Lipinski definition) is 2. The van der Waals surface area contributed by atoms with Crippen molar-refractivity contribution >= 4 is 22.8 Å². The molecule has 0 aliphatic heterocycles. The maximum atomic E-state index is 11.4. The molecular formula is C15H17N5O2. The van der Waals surface area contributed by atoms with Crippen molar-refractivity contribution in [3.8, 4) is 5.95 Å². The molecule has 2 aromatic heterocycles. The number of hydrogen-bond acceptors (Lipinski definition) is 4. The van der Waals surface area contributed by atoms with Crippen molar-refractivity contribution in [3.05, 3.63) is 36.0 Å². The van der Waals surface area contributed by atoms with E-state index in [0.29, 0.717) is 18.3 Å². The van der Waals surface area contributed by atoms with Crippen LogP contribution in [0.2, 0.25) is 0 Å². The molecule has 0 radical (unpaired) electrons. The molecule has 0 fully saturated rings. The molecule has 1 aromatic carbocycles. The minimum absolute atomic E-state index is 0.0108. The monoisotopic (exact) mass is 299 g/mol. The second-order valence-corrected chi connectivity index (χ2v) is 5.04. The molecule has 22 heavy (non-hydrogen) atoms. The molecule has 3 rings (SSSR count). The number of aliphatic hydroxyl groups excluding tert-OH is 1. The molecule has 0 saturated heterocycles. The Hall–Kier alpha value is -2.67. The summed E-state index contributed by atoms with van der Waals surface area (Å²) < 4.78 is 3.47. The van der Waals surface area contributed by atoms with Crippen molar-refractivity contribution in [2.75, 3.05) is 11.9 Å². The van der Waals surface area contributed by atoms with Gasteiger partial charge in [-0.05, 0) is 19.1 Å². The topological polar surface area (TPSA) is 85.0 Å². The highest BCUT2D eigenvalue weighted by molar-refractivity contribution is 5.88. The van der Waals surface area contributed by atoms with Gasteiger partial charge in [-0.1, -0.05) is 12.1 Å². The summed E-state index contributed by atoms with van der Waals surface area (Å²) >= 11 is 0. The van der Waals surface area contributed by atoms with E-state index in [-0.39, 0.29) is 12.5 Å². The minimum atomic E-state index is -0.175. The SMILES string of the molecule is CC(=O)Nc1cc(C)nn1-c1nc2ccccc2n1CCO. The van der Waals surface area contributed by atoms with Gasteiger partial charge in [-0.25, -0.2) is 4.98 Å². The predicted molar refractivity (Wildman–Crippen MR) is 83.0 cm³/mol. The van der Waals surface area contributed by atoms with Crippen molar-refractivity contribution in [3.63, 3.8) is 0 Å². The van der Waals surface area contributed by atoms with Crippen LogP contribution in [0, 0.1) is 6.92 Å². The van der Waals surface area contributed by atoms with Gasteiger partial charge in [-0.3, -0.25) is 4.79 Å². The summed E-state index contributed by atoms with van der Waals surface area (Å²) in [7, 11) is 0. The summed E-state index contributed by atoms with van der Waals surface area (Å²) in [5.41, 5.74) is 2.49. The first-order valence-electron chi connectivity index (χ1n) is 7.01.